The van der Waals surface area contributed by atoms with Gasteiger partial charge >= 0.3 is 0 Å². The van der Waals surface area contributed by atoms with Crippen LogP contribution in [-0.4, -0.2) is 19.3 Å². The summed E-state index contributed by atoms with van der Waals surface area (Å²) in [5.41, 5.74) is 2.41. The van der Waals surface area contributed by atoms with Gasteiger partial charge < -0.3 is 5.32 Å². The van der Waals surface area contributed by atoms with Crippen LogP contribution in [0.5, 0.6) is 0 Å². The second-order valence-electron chi connectivity index (χ2n) is 6.01. The highest BCUT2D eigenvalue weighted by molar-refractivity contribution is 7.91. The highest BCUT2D eigenvalue weighted by Gasteiger charge is 2.19. The minimum atomic E-state index is -3.76. The quantitative estimate of drug-likeness (QED) is 0.706. The first kappa shape index (κ1) is 19.1. The van der Waals surface area contributed by atoms with E-state index < -0.39 is 9.84 Å². The maximum atomic E-state index is 12.6. The summed E-state index contributed by atoms with van der Waals surface area (Å²) in [7, 11) is -3.76. The van der Waals surface area contributed by atoms with E-state index in [1.54, 1.807) is 0 Å². The molecule has 138 valence electrons. The number of pyridine rings is 1. The van der Waals surface area contributed by atoms with E-state index >= 15 is 0 Å². The van der Waals surface area contributed by atoms with E-state index in [1.807, 2.05) is 31.2 Å². The first-order chi connectivity index (χ1) is 12.9. The van der Waals surface area contributed by atoms with Gasteiger partial charge in [-0.25, -0.2) is 13.4 Å². The van der Waals surface area contributed by atoms with Gasteiger partial charge in [0, 0.05) is 17.8 Å². The molecule has 0 saturated heterocycles. The number of carbonyl (C=O) groups excluding carboxylic acids is 1. The van der Waals surface area contributed by atoms with E-state index in [2.05, 4.69) is 10.3 Å². The molecule has 1 heterocycles. The molecule has 0 aliphatic carbocycles. The smallest absolute Gasteiger partial charge is 0.253 e. The van der Waals surface area contributed by atoms with Crippen LogP contribution < -0.4 is 5.32 Å². The molecule has 0 bridgehead atoms. The molecule has 1 aromatic heterocycles. The lowest BCUT2D eigenvalue weighted by Gasteiger charge is -2.07. The Labute approximate surface area is 163 Å². The predicted molar refractivity (Wildman–Crippen MR) is 103 cm³/mol. The molecule has 0 radical (unpaired) electrons. The zero-order chi connectivity index (χ0) is 19.4. The van der Waals surface area contributed by atoms with Crippen LogP contribution in [0.4, 0.5) is 0 Å². The number of sulfone groups is 1. The summed E-state index contributed by atoms with van der Waals surface area (Å²) < 4.78 is 25.1. The number of aryl methyl sites for hydroxylation is 1. The summed E-state index contributed by atoms with van der Waals surface area (Å²) in [6.45, 7) is 2.37. The van der Waals surface area contributed by atoms with E-state index in [0.717, 1.165) is 11.1 Å². The minimum Gasteiger partial charge on any atom is -0.348 e. The van der Waals surface area contributed by atoms with Gasteiger partial charge in [-0.3, -0.25) is 4.79 Å². The van der Waals surface area contributed by atoms with Crippen molar-refractivity contribution >= 4 is 27.3 Å². The second kappa shape index (κ2) is 7.90. The van der Waals surface area contributed by atoms with Gasteiger partial charge in [-0.2, -0.15) is 0 Å². The normalized spacial score (nSPS) is 11.2. The molecule has 2 aromatic carbocycles. The molecule has 0 atom stereocenters. The Morgan fingerprint density at radius 2 is 1.67 bits per heavy atom. The maximum absolute atomic E-state index is 12.6. The van der Waals surface area contributed by atoms with Gasteiger partial charge in [0.1, 0.15) is 0 Å². The number of aromatic nitrogens is 1. The number of carbonyl (C=O) groups is 1. The minimum absolute atomic E-state index is 0.0935. The van der Waals surface area contributed by atoms with E-state index in [4.69, 9.17) is 11.6 Å². The molecule has 1 amide bonds. The van der Waals surface area contributed by atoms with Crippen LogP contribution >= 0.6 is 11.6 Å². The van der Waals surface area contributed by atoms with Crippen LogP contribution in [0.2, 0.25) is 5.02 Å². The Kier molecular flexibility index (Phi) is 5.58. The molecule has 0 aliphatic heterocycles. The van der Waals surface area contributed by atoms with Crippen molar-refractivity contribution in [2.75, 3.05) is 0 Å². The average molecular weight is 401 g/mol. The van der Waals surface area contributed by atoms with Gasteiger partial charge in [-0.05, 0) is 48.9 Å². The topological polar surface area (TPSA) is 76.1 Å². The third kappa shape index (κ3) is 4.53. The fourth-order valence-corrected chi connectivity index (χ4v) is 3.70. The van der Waals surface area contributed by atoms with Crippen LogP contribution in [0.25, 0.3) is 0 Å². The SMILES string of the molecule is Cc1ccc(CNC(=O)c2ccc(S(=O)(=O)c3ccc(Cl)cc3)nc2)cc1. The highest BCUT2D eigenvalue weighted by Crippen LogP contribution is 2.21. The lowest BCUT2D eigenvalue weighted by molar-refractivity contribution is 0.0950. The first-order valence-corrected chi connectivity index (χ1v) is 10.0. The molecular formula is C20H17ClN2O3S. The third-order valence-corrected chi connectivity index (χ3v) is 5.91. The van der Waals surface area contributed by atoms with Crippen LogP contribution in [-0.2, 0) is 16.4 Å². The third-order valence-electron chi connectivity index (χ3n) is 3.97. The molecule has 0 saturated carbocycles. The standard InChI is InChI=1S/C20H17ClN2O3S/c1-14-2-4-15(5-3-14)12-23-20(24)16-6-11-19(22-13-16)27(25,26)18-9-7-17(21)8-10-18/h2-11,13H,12H2,1H3,(H,23,24). The van der Waals surface area contributed by atoms with Crippen molar-refractivity contribution in [2.24, 2.45) is 0 Å². The van der Waals surface area contributed by atoms with Gasteiger partial charge in [0.15, 0.2) is 5.03 Å². The number of benzene rings is 2. The summed E-state index contributed by atoms with van der Waals surface area (Å²) in [5, 5.41) is 3.11. The lowest BCUT2D eigenvalue weighted by atomic mass is 10.1. The van der Waals surface area contributed by atoms with Crippen molar-refractivity contribution in [2.45, 2.75) is 23.4 Å². The molecule has 0 unspecified atom stereocenters. The molecule has 0 spiro atoms. The van der Waals surface area contributed by atoms with Gasteiger partial charge in [0.05, 0.1) is 10.5 Å². The van der Waals surface area contributed by atoms with E-state index in [9.17, 15) is 13.2 Å². The Morgan fingerprint density at radius 3 is 2.26 bits per heavy atom. The largest absolute Gasteiger partial charge is 0.348 e. The summed E-state index contributed by atoms with van der Waals surface area (Å²) in [5.74, 6) is -0.321. The first-order valence-electron chi connectivity index (χ1n) is 8.17. The van der Waals surface area contributed by atoms with Crippen LogP contribution in [0.1, 0.15) is 21.5 Å². The number of hydrogen-bond donors (Lipinski definition) is 1. The van der Waals surface area contributed by atoms with Crippen molar-refractivity contribution in [3.8, 4) is 0 Å². The fourth-order valence-electron chi connectivity index (χ4n) is 2.40. The van der Waals surface area contributed by atoms with E-state index in [1.165, 1.54) is 42.6 Å². The molecule has 0 fully saturated rings. The molecule has 7 heteroatoms. The summed E-state index contributed by atoms with van der Waals surface area (Å²) >= 11 is 5.79. The van der Waals surface area contributed by atoms with Gasteiger partial charge in [-0.1, -0.05) is 41.4 Å². The number of nitrogens with zero attached hydrogens (tertiary/aromatic N) is 1. The predicted octanol–water partition coefficient (Wildman–Crippen LogP) is 3.81. The van der Waals surface area contributed by atoms with Crippen molar-refractivity contribution in [1.82, 2.24) is 10.3 Å². The van der Waals surface area contributed by atoms with Crippen LogP contribution in [0.3, 0.4) is 0 Å². The number of halogens is 1. The Hall–Kier alpha value is -2.70. The van der Waals surface area contributed by atoms with Crippen LogP contribution in [0, 0.1) is 6.92 Å². The van der Waals surface area contributed by atoms with E-state index in [-0.39, 0.29) is 21.4 Å². The van der Waals surface area contributed by atoms with E-state index in [0.29, 0.717) is 11.6 Å². The summed E-state index contributed by atoms with van der Waals surface area (Å²) in [4.78, 5) is 16.3. The molecule has 0 aliphatic rings. The molecule has 1 N–H and O–H groups in total. The second-order valence-corrected chi connectivity index (χ2v) is 8.34. The number of hydrogen-bond acceptors (Lipinski definition) is 4. The van der Waals surface area contributed by atoms with Gasteiger partial charge in [0.2, 0.25) is 9.84 Å². The summed E-state index contributed by atoms with van der Waals surface area (Å²) in [6.07, 6.45) is 1.26. The van der Waals surface area contributed by atoms with Crippen molar-refractivity contribution in [1.29, 1.82) is 0 Å². The number of amides is 1. The Balaban J connectivity index is 1.71. The molecule has 5 nitrogen and oxygen atoms in total. The van der Waals surface area contributed by atoms with Gasteiger partial charge in [0.25, 0.3) is 5.91 Å². The zero-order valence-corrected chi connectivity index (χ0v) is 16.1. The number of nitrogens with one attached hydrogen (secondary N) is 1. The number of rotatable bonds is 5. The van der Waals surface area contributed by atoms with Crippen molar-refractivity contribution in [3.05, 3.63) is 88.6 Å². The molecule has 3 aromatic rings. The molecule has 3 rings (SSSR count). The average Bonchev–Trinajstić information content (AvgIpc) is 2.68. The lowest BCUT2D eigenvalue weighted by Crippen LogP contribution is -2.23. The maximum Gasteiger partial charge on any atom is 0.253 e. The fraction of sp³-hybridized carbons (Fsp3) is 0.100. The highest BCUT2D eigenvalue weighted by atomic mass is 35.5. The van der Waals surface area contributed by atoms with Crippen LogP contribution in [0.15, 0.2) is 76.8 Å². The molecular weight excluding hydrogens is 384 g/mol. The zero-order valence-electron chi connectivity index (χ0n) is 14.5. The molecule has 27 heavy (non-hydrogen) atoms. The van der Waals surface area contributed by atoms with Crippen molar-refractivity contribution in [3.63, 3.8) is 0 Å². The Morgan fingerprint density at radius 1 is 1.00 bits per heavy atom. The monoisotopic (exact) mass is 400 g/mol. The summed E-state index contributed by atoms with van der Waals surface area (Å²) in [6, 6.07) is 16.4. The Bertz CT molecular complexity index is 1050. The van der Waals surface area contributed by atoms with Gasteiger partial charge in [-0.15, -0.1) is 0 Å². The van der Waals surface area contributed by atoms with Crippen molar-refractivity contribution < 1.29 is 13.2 Å².